The van der Waals surface area contributed by atoms with E-state index in [2.05, 4.69) is 15.6 Å². The van der Waals surface area contributed by atoms with E-state index in [4.69, 9.17) is 4.74 Å². The third kappa shape index (κ3) is 4.65. The van der Waals surface area contributed by atoms with Crippen LogP contribution in [0.15, 0.2) is 0 Å². The number of carbonyl (C=O) groups is 2. The van der Waals surface area contributed by atoms with Crippen molar-refractivity contribution in [3.8, 4) is 0 Å². The van der Waals surface area contributed by atoms with Crippen molar-refractivity contribution < 1.29 is 14.3 Å². The molecule has 0 aromatic carbocycles. The lowest BCUT2D eigenvalue weighted by Gasteiger charge is -2.16. The Balaban J connectivity index is 1.84. The summed E-state index contributed by atoms with van der Waals surface area (Å²) in [5.41, 5.74) is 0.729. The number of methoxy groups -OCH3 is 1. The van der Waals surface area contributed by atoms with E-state index < -0.39 is 0 Å². The Morgan fingerprint density at radius 3 is 3.00 bits per heavy atom. The van der Waals surface area contributed by atoms with Gasteiger partial charge < -0.3 is 20.3 Å². The molecule has 128 valence electrons. The first-order valence-electron chi connectivity index (χ1n) is 7.81. The third-order valence-electron chi connectivity index (χ3n) is 3.74. The van der Waals surface area contributed by atoms with E-state index in [9.17, 15) is 9.59 Å². The average Bonchev–Trinajstić information content (AvgIpc) is 3.06. The van der Waals surface area contributed by atoms with Gasteiger partial charge in [-0.05, 0) is 13.8 Å². The van der Waals surface area contributed by atoms with Gasteiger partial charge in [-0.3, -0.25) is 9.59 Å². The smallest absolute Gasteiger partial charge is 0.263 e. The number of amides is 2. The average molecular weight is 340 g/mol. The molecule has 1 aromatic rings. The molecule has 2 heterocycles. The second kappa shape index (κ2) is 8.26. The van der Waals surface area contributed by atoms with Gasteiger partial charge in [0.2, 0.25) is 5.91 Å². The van der Waals surface area contributed by atoms with Crippen molar-refractivity contribution in [2.45, 2.75) is 20.3 Å². The third-order valence-corrected chi connectivity index (χ3v) is 4.86. The van der Waals surface area contributed by atoms with Crippen LogP contribution in [0.25, 0.3) is 0 Å². The summed E-state index contributed by atoms with van der Waals surface area (Å²) in [6.07, 6.45) is 0.480. The van der Waals surface area contributed by atoms with E-state index in [0.717, 1.165) is 17.4 Å². The zero-order valence-corrected chi connectivity index (χ0v) is 14.7. The van der Waals surface area contributed by atoms with Gasteiger partial charge >= 0.3 is 0 Å². The van der Waals surface area contributed by atoms with Gasteiger partial charge in [0, 0.05) is 45.6 Å². The van der Waals surface area contributed by atoms with Crippen LogP contribution in [-0.2, 0) is 9.53 Å². The highest BCUT2D eigenvalue weighted by atomic mass is 32.1. The number of aromatic nitrogens is 1. The molecule has 0 radical (unpaired) electrons. The van der Waals surface area contributed by atoms with E-state index in [0.29, 0.717) is 37.5 Å². The van der Waals surface area contributed by atoms with Crippen LogP contribution in [0, 0.1) is 12.8 Å². The summed E-state index contributed by atoms with van der Waals surface area (Å²) in [4.78, 5) is 30.9. The molecule has 1 unspecified atom stereocenters. The molecule has 2 amide bonds. The minimum Gasteiger partial charge on any atom is -0.383 e. The molecule has 7 nitrogen and oxygen atoms in total. The fourth-order valence-electron chi connectivity index (χ4n) is 2.56. The SMILES string of the molecule is CCNc1nc(C)c(C(=O)NCC2CC(=O)N(CCOC)C2)s1. The summed E-state index contributed by atoms with van der Waals surface area (Å²) in [6.45, 7) is 6.92. The van der Waals surface area contributed by atoms with Crippen molar-refractivity contribution in [1.82, 2.24) is 15.2 Å². The fraction of sp³-hybridized carbons (Fsp3) is 0.667. The van der Waals surface area contributed by atoms with E-state index in [1.807, 2.05) is 13.8 Å². The number of aryl methyl sites for hydroxylation is 1. The molecular formula is C15H24N4O3S. The number of hydrogen-bond donors (Lipinski definition) is 2. The Bertz CT molecular complexity index is 561. The highest BCUT2D eigenvalue weighted by Crippen LogP contribution is 2.22. The largest absolute Gasteiger partial charge is 0.383 e. The molecule has 1 fully saturated rings. The summed E-state index contributed by atoms with van der Waals surface area (Å²) in [5, 5.41) is 6.81. The predicted molar refractivity (Wildman–Crippen MR) is 89.9 cm³/mol. The minimum absolute atomic E-state index is 0.119. The lowest BCUT2D eigenvalue weighted by atomic mass is 10.1. The van der Waals surface area contributed by atoms with Crippen LogP contribution < -0.4 is 10.6 Å². The highest BCUT2D eigenvalue weighted by molar-refractivity contribution is 7.17. The number of anilines is 1. The molecule has 23 heavy (non-hydrogen) atoms. The maximum atomic E-state index is 12.3. The zero-order valence-electron chi connectivity index (χ0n) is 13.8. The van der Waals surface area contributed by atoms with Crippen LogP contribution in [0.5, 0.6) is 0 Å². The molecule has 1 atom stereocenters. The van der Waals surface area contributed by atoms with Gasteiger partial charge in [0.1, 0.15) is 4.88 Å². The van der Waals surface area contributed by atoms with Crippen LogP contribution in [-0.4, -0.2) is 61.6 Å². The van der Waals surface area contributed by atoms with Gasteiger partial charge in [-0.1, -0.05) is 11.3 Å². The number of ether oxygens (including phenoxy) is 1. The molecule has 1 aliphatic rings. The van der Waals surface area contributed by atoms with E-state index in [-0.39, 0.29) is 17.7 Å². The minimum atomic E-state index is -0.119. The van der Waals surface area contributed by atoms with Gasteiger partial charge in [-0.15, -0.1) is 0 Å². The number of hydrogen-bond acceptors (Lipinski definition) is 6. The standard InChI is InChI=1S/C15H24N4O3S/c1-4-16-15-18-10(2)13(23-15)14(21)17-8-11-7-12(20)19(9-11)5-6-22-3/h11H,4-9H2,1-3H3,(H,16,18)(H,17,21). The predicted octanol–water partition coefficient (Wildman–Crippen LogP) is 1.11. The first kappa shape index (κ1) is 17.7. The second-order valence-corrected chi connectivity index (χ2v) is 6.58. The molecule has 0 saturated carbocycles. The lowest BCUT2D eigenvalue weighted by molar-refractivity contribution is -0.128. The topological polar surface area (TPSA) is 83.6 Å². The Morgan fingerprint density at radius 2 is 2.30 bits per heavy atom. The van der Waals surface area contributed by atoms with Crippen molar-refractivity contribution in [2.24, 2.45) is 5.92 Å². The number of likely N-dealkylation sites (tertiary alicyclic amines) is 1. The molecule has 2 N–H and O–H groups in total. The summed E-state index contributed by atoms with van der Waals surface area (Å²) < 4.78 is 5.00. The van der Waals surface area contributed by atoms with Crippen LogP contribution in [0.4, 0.5) is 5.13 Å². The normalized spacial score (nSPS) is 17.6. The van der Waals surface area contributed by atoms with Crippen LogP contribution >= 0.6 is 11.3 Å². The Hall–Kier alpha value is -1.67. The zero-order chi connectivity index (χ0) is 16.8. The maximum Gasteiger partial charge on any atom is 0.263 e. The Kier molecular flexibility index (Phi) is 6.35. The Labute approximate surface area is 140 Å². The van der Waals surface area contributed by atoms with Gasteiger partial charge in [0.25, 0.3) is 5.91 Å². The monoisotopic (exact) mass is 340 g/mol. The van der Waals surface area contributed by atoms with E-state index in [1.165, 1.54) is 11.3 Å². The van der Waals surface area contributed by atoms with Crippen LogP contribution in [0.1, 0.15) is 28.7 Å². The van der Waals surface area contributed by atoms with Gasteiger partial charge in [-0.2, -0.15) is 0 Å². The molecule has 0 bridgehead atoms. The quantitative estimate of drug-likeness (QED) is 0.741. The summed E-state index contributed by atoms with van der Waals surface area (Å²) in [6, 6.07) is 0. The van der Waals surface area contributed by atoms with Crippen molar-refractivity contribution in [3.05, 3.63) is 10.6 Å². The number of thiazole rings is 1. The molecule has 1 aliphatic heterocycles. The molecule has 0 spiro atoms. The van der Waals surface area contributed by atoms with Crippen molar-refractivity contribution >= 4 is 28.3 Å². The second-order valence-electron chi connectivity index (χ2n) is 5.58. The highest BCUT2D eigenvalue weighted by Gasteiger charge is 2.29. The summed E-state index contributed by atoms with van der Waals surface area (Å²) >= 11 is 1.36. The van der Waals surface area contributed by atoms with Gasteiger partial charge in [0.05, 0.1) is 12.3 Å². The van der Waals surface area contributed by atoms with Crippen molar-refractivity contribution in [2.75, 3.05) is 45.2 Å². The molecule has 1 aromatic heterocycles. The lowest BCUT2D eigenvalue weighted by Crippen LogP contribution is -2.32. The van der Waals surface area contributed by atoms with Crippen LogP contribution in [0.2, 0.25) is 0 Å². The number of carbonyl (C=O) groups excluding carboxylic acids is 2. The fourth-order valence-corrected chi connectivity index (χ4v) is 3.51. The first-order valence-corrected chi connectivity index (χ1v) is 8.63. The van der Waals surface area contributed by atoms with Gasteiger partial charge in [-0.25, -0.2) is 4.98 Å². The van der Waals surface area contributed by atoms with Gasteiger partial charge in [0.15, 0.2) is 5.13 Å². The summed E-state index contributed by atoms with van der Waals surface area (Å²) in [7, 11) is 1.62. The van der Waals surface area contributed by atoms with Crippen molar-refractivity contribution in [3.63, 3.8) is 0 Å². The first-order chi connectivity index (χ1) is 11.0. The van der Waals surface area contributed by atoms with E-state index in [1.54, 1.807) is 12.0 Å². The molecule has 8 heteroatoms. The van der Waals surface area contributed by atoms with Crippen molar-refractivity contribution in [1.29, 1.82) is 0 Å². The van der Waals surface area contributed by atoms with E-state index >= 15 is 0 Å². The molecule has 2 rings (SSSR count). The van der Waals surface area contributed by atoms with Crippen LogP contribution in [0.3, 0.4) is 0 Å². The molecular weight excluding hydrogens is 316 g/mol. The number of nitrogens with one attached hydrogen (secondary N) is 2. The number of nitrogens with zero attached hydrogens (tertiary/aromatic N) is 2. The molecule has 0 aliphatic carbocycles. The number of rotatable bonds is 8. The molecule has 1 saturated heterocycles. The maximum absolute atomic E-state index is 12.3. The summed E-state index contributed by atoms with van der Waals surface area (Å²) in [5.74, 6) is 0.168. The Morgan fingerprint density at radius 1 is 1.52 bits per heavy atom.